The highest BCUT2D eigenvalue weighted by molar-refractivity contribution is 15.0. The Morgan fingerprint density at radius 1 is 1.47 bits per heavy atom. The number of carbonyl (C=O) groups excluding carboxylic acids is 1. The van der Waals surface area contributed by atoms with Crippen LogP contribution in [0.4, 0.5) is 0 Å². The molecule has 15 heavy (non-hydrogen) atoms. The topological polar surface area (TPSA) is 55.3 Å². The van der Waals surface area contributed by atoms with Gasteiger partial charge in [-0.2, -0.15) is 0 Å². The second kappa shape index (κ2) is 8.44. The monoisotopic (exact) mass is 455 g/mol. The predicted molar refractivity (Wildman–Crippen MR) is 76.9 cm³/mol. The number of carbonyl (C=O) groups is 1. The first-order chi connectivity index (χ1) is 7.09. The van der Waals surface area contributed by atoms with Crippen LogP contribution in [0.5, 0.6) is 5.19 Å². The van der Waals surface area contributed by atoms with E-state index in [1.165, 1.54) is 16.2 Å². The van der Waals surface area contributed by atoms with Crippen LogP contribution in [0.15, 0.2) is 0 Å². The van der Waals surface area contributed by atoms with Crippen LogP contribution in [0.25, 0.3) is 0 Å². The van der Waals surface area contributed by atoms with E-state index in [-0.39, 0.29) is 12.5 Å². The molecular weight excluding hydrogens is 444 g/mol. The summed E-state index contributed by atoms with van der Waals surface area (Å²) < 4.78 is 5.10. The summed E-state index contributed by atoms with van der Waals surface area (Å²) in [6.45, 7) is 1.85. The van der Waals surface area contributed by atoms with Gasteiger partial charge in [-0.1, -0.05) is 11.3 Å². The lowest BCUT2D eigenvalue weighted by atomic mass is 10.6. The fourth-order valence-electron chi connectivity index (χ4n) is 0.589. The number of rotatable bonds is 3. The number of hydrogen-bond acceptors (Lipinski definition) is 5. The summed E-state index contributed by atoms with van der Waals surface area (Å²) >= 11 is 5.57. The fourth-order valence-corrected chi connectivity index (χ4v) is 1.12. The Morgan fingerprint density at radius 2 is 2.07 bits per heavy atom. The molecule has 0 spiro atoms. The van der Waals surface area contributed by atoms with Crippen molar-refractivity contribution in [3.05, 3.63) is 5.01 Å². The largest absolute Gasteiger partial charge is 0.459 e. The van der Waals surface area contributed by atoms with Crippen molar-refractivity contribution in [2.75, 3.05) is 20.7 Å². The Kier molecular flexibility index (Phi) is 8.61. The molecule has 86 valence electrons. The molecule has 0 aliphatic carbocycles. The molecule has 1 aromatic heterocycles. The molecule has 0 aromatic carbocycles. The first kappa shape index (κ1) is 15.3. The minimum atomic E-state index is -0.0900. The van der Waals surface area contributed by atoms with Gasteiger partial charge < -0.3 is 9.64 Å². The van der Waals surface area contributed by atoms with E-state index >= 15 is 0 Å². The van der Waals surface area contributed by atoms with Crippen LogP contribution in [-0.2, 0) is 4.79 Å². The SMILES string of the molecule is Cc1nnc(OCC(=O)N(C)C)s1.II. The average Bonchev–Trinajstić information content (AvgIpc) is 2.63. The van der Waals surface area contributed by atoms with Crippen LogP contribution in [-0.4, -0.2) is 41.7 Å². The molecule has 1 heterocycles. The van der Waals surface area contributed by atoms with Crippen LogP contribution in [0.2, 0.25) is 0 Å². The molecule has 1 aromatic rings. The summed E-state index contributed by atoms with van der Waals surface area (Å²) in [5.41, 5.74) is 0. The third-order valence-corrected chi connectivity index (χ3v) is 2.08. The van der Waals surface area contributed by atoms with Crippen LogP contribution in [0, 0.1) is 6.92 Å². The molecule has 0 unspecified atom stereocenters. The average molecular weight is 455 g/mol. The van der Waals surface area contributed by atoms with Gasteiger partial charge in [0, 0.05) is 51.3 Å². The summed E-state index contributed by atoms with van der Waals surface area (Å²) in [4.78, 5) is 12.5. The van der Waals surface area contributed by atoms with Crippen LogP contribution >= 0.6 is 48.6 Å². The second-order valence-corrected chi connectivity index (χ2v) is 3.81. The Bertz CT molecular complexity index is 306. The lowest BCUT2D eigenvalue weighted by molar-refractivity contribution is -0.130. The van der Waals surface area contributed by atoms with Gasteiger partial charge in [0.25, 0.3) is 11.1 Å². The number of amides is 1. The number of nitrogens with zero attached hydrogens (tertiary/aromatic N) is 3. The minimum Gasteiger partial charge on any atom is -0.459 e. The first-order valence-corrected chi connectivity index (χ1v) is 11.0. The number of likely N-dealkylation sites (N-methyl/N-ethyl adjacent to an activating group) is 1. The zero-order valence-corrected chi connectivity index (χ0v) is 13.7. The van der Waals surface area contributed by atoms with Crippen LogP contribution < -0.4 is 4.74 Å². The molecule has 5 nitrogen and oxygen atoms in total. The molecule has 0 atom stereocenters. The maximum atomic E-state index is 11.1. The summed E-state index contributed by atoms with van der Waals surface area (Å²) in [5, 5.41) is 8.74. The van der Waals surface area contributed by atoms with Gasteiger partial charge in [-0.15, -0.1) is 10.2 Å². The van der Waals surface area contributed by atoms with E-state index in [2.05, 4.69) is 47.4 Å². The van der Waals surface area contributed by atoms with Crippen LogP contribution in [0.1, 0.15) is 5.01 Å². The third-order valence-electron chi connectivity index (χ3n) is 1.33. The van der Waals surface area contributed by atoms with Crippen molar-refractivity contribution in [1.29, 1.82) is 0 Å². The van der Waals surface area contributed by atoms with Gasteiger partial charge in [-0.3, -0.25) is 4.79 Å². The van der Waals surface area contributed by atoms with Gasteiger partial charge in [-0.05, 0) is 6.92 Å². The highest BCUT2D eigenvalue weighted by Crippen LogP contribution is 2.15. The Labute approximate surface area is 116 Å². The van der Waals surface area contributed by atoms with Crippen LogP contribution in [0.3, 0.4) is 0 Å². The van der Waals surface area contributed by atoms with Gasteiger partial charge in [-0.25, -0.2) is 0 Å². The van der Waals surface area contributed by atoms with E-state index in [9.17, 15) is 4.79 Å². The van der Waals surface area contributed by atoms with E-state index in [1.807, 2.05) is 6.92 Å². The van der Waals surface area contributed by atoms with Crippen molar-refractivity contribution in [1.82, 2.24) is 15.1 Å². The fraction of sp³-hybridized carbons (Fsp3) is 0.571. The summed E-state index contributed by atoms with van der Waals surface area (Å²) in [6, 6.07) is 0. The zero-order chi connectivity index (χ0) is 11.8. The van der Waals surface area contributed by atoms with Crippen molar-refractivity contribution in [2.45, 2.75) is 6.92 Å². The quantitative estimate of drug-likeness (QED) is 0.656. The molecular formula is C7H11I2N3O2S. The van der Waals surface area contributed by atoms with Crippen molar-refractivity contribution >= 4 is 54.5 Å². The molecule has 0 fully saturated rings. The van der Waals surface area contributed by atoms with Crippen molar-refractivity contribution < 1.29 is 9.53 Å². The van der Waals surface area contributed by atoms with E-state index in [0.29, 0.717) is 5.19 Å². The zero-order valence-electron chi connectivity index (χ0n) is 8.53. The maximum Gasteiger partial charge on any atom is 0.294 e. The highest BCUT2D eigenvalue weighted by atomic mass is 128. The minimum absolute atomic E-state index is 0.0155. The molecule has 0 bridgehead atoms. The molecule has 0 aliphatic rings. The molecule has 0 saturated heterocycles. The number of hydrogen-bond donors (Lipinski definition) is 0. The molecule has 8 heteroatoms. The van der Waals surface area contributed by atoms with Crippen molar-refractivity contribution in [3.63, 3.8) is 0 Å². The number of halogens is 2. The number of aromatic nitrogens is 2. The second-order valence-electron chi connectivity index (χ2n) is 2.66. The highest BCUT2D eigenvalue weighted by Gasteiger charge is 2.07. The van der Waals surface area contributed by atoms with Crippen molar-refractivity contribution in [2.24, 2.45) is 0 Å². The maximum absolute atomic E-state index is 11.1. The molecule has 0 N–H and O–H groups in total. The summed E-state index contributed by atoms with van der Waals surface area (Å²) in [5.74, 6) is -0.0900. The standard InChI is InChI=1S/C7H11N3O2S.I2/c1-5-8-9-7(13-5)12-4-6(11)10(2)3;1-2/h4H2,1-3H3;. The Hall–Kier alpha value is 0.290. The first-order valence-electron chi connectivity index (χ1n) is 3.87. The van der Waals surface area contributed by atoms with Gasteiger partial charge >= 0.3 is 0 Å². The van der Waals surface area contributed by atoms with Gasteiger partial charge in [0.05, 0.1) is 0 Å². The lowest BCUT2D eigenvalue weighted by Gasteiger charge is -2.08. The molecule has 0 radical (unpaired) electrons. The molecule has 0 saturated carbocycles. The molecule has 0 aliphatic heterocycles. The molecule has 1 amide bonds. The molecule has 1 rings (SSSR count). The van der Waals surface area contributed by atoms with Gasteiger partial charge in [0.1, 0.15) is 5.01 Å². The summed E-state index contributed by atoms with van der Waals surface area (Å²) in [6.07, 6.45) is 0. The number of ether oxygens (including phenoxy) is 1. The lowest BCUT2D eigenvalue weighted by Crippen LogP contribution is -2.27. The van der Waals surface area contributed by atoms with Gasteiger partial charge in [0.2, 0.25) is 0 Å². The van der Waals surface area contributed by atoms with Crippen molar-refractivity contribution in [3.8, 4) is 5.19 Å². The number of aryl methyl sites for hydroxylation is 1. The van der Waals surface area contributed by atoms with E-state index < -0.39 is 0 Å². The third kappa shape index (κ3) is 6.45. The smallest absolute Gasteiger partial charge is 0.294 e. The Balaban J connectivity index is 0.000000921. The summed E-state index contributed by atoms with van der Waals surface area (Å²) in [7, 11) is 3.36. The van der Waals surface area contributed by atoms with E-state index in [0.717, 1.165) is 5.01 Å². The normalized spacial score (nSPS) is 8.87. The van der Waals surface area contributed by atoms with Gasteiger partial charge in [0.15, 0.2) is 6.61 Å². The Morgan fingerprint density at radius 3 is 2.47 bits per heavy atom. The van der Waals surface area contributed by atoms with E-state index in [4.69, 9.17) is 4.74 Å². The predicted octanol–water partition coefficient (Wildman–Crippen LogP) is 2.08. The van der Waals surface area contributed by atoms with E-state index in [1.54, 1.807) is 14.1 Å².